The Balaban J connectivity index is 1.96. The van der Waals surface area contributed by atoms with Crippen LogP contribution >= 0.6 is 11.6 Å². The maximum atomic E-state index is 13.1. The molecule has 1 aliphatic rings. The van der Waals surface area contributed by atoms with Gasteiger partial charge in [0.05, 0.1) is 11.1 Å². The first-order valence-electron chi connectivity index (χ1n) is 7.22. The molecule has 0 bridgehead atoms. The summed E-state index contributed by atoms with van der Waals surface area (Å²) >= 11 is 5.77. The number of rotatable bonds is 4. The van der Waals surface area contributed by atoms with Gasteiger partial charge in [-0.1, -0.05) is 43.9 Å². The lowest BCUT2D eigenvalue weighted by atomic mass is 9.76. The fourth-order valence-electron chi connectivity index (χ4n) is 3.13. The molecule has 0 saturated heterocycles. The molecular weight excluding hydrogens is 263 g/mol. The standard InChI is InChI=1S/C16H22ClFO/c1-2-11-4-3-5-13(8-11)16(19)10-12-6-7-15(18)14(17)9-12/h6-7,9,11,13,16,19H,2-5,8,10H2,1H3. The molecule has 1 N–H and O–H groups in total. The molecule has 0 amide bonds. The van der Waals surface area contributed by atoms with Crippen molar-refractivity contribution in [3.05, 3.63) is 34.6 Å². The van der Waals surface area contributed by atoms with E-state index in [4.69, 9.17) is 11.6 Å². The minimum absolute atomic E-state index is 0.139. The number of aliphatic hydroxyl groups is 1. The van der Waals surface area contributed by atoms with Gasteiger partial charge in [0.2, 0.25) is 0 Å². The summed E-state index contributed by atoms with van der Waals surface area (Å²) in [7, 11) is 0. The maximum absolute atomic E-state index is 13.1. The first-order chi connectivity index (χ1) is 9.10. The van der Waals surface area contributed by atoms with E-state index in [0.717, 1.165) is 24.3 Å². The van der Waals surface area contributed by atoms with E-state index in [1.165, 1.54) is 25.3 Å². The van der Waals surface area contributed by atoms with Crippen molar-refractivity contribution in [2.45, 2.75) is 51.6 Å². The van der Waals surface area contributed by atoms with Crippen molar-refractivity contribution < 1.29 is 9.50 Å². The Morgan fingerprint density at radius 1 is 1.42 bits per heavy atom. The molecule has 3 heteroatoms. The van der Waals surface area contributed by atoms with E-state index in [0.29, 0.717) is 12.3 Å². The van der Waals surface area contributed by atoms with Crippen molar-refractivity contribution in [1.82, 2.24) is 0 Å². The molecule has 0 heterocycles. The van der Waals surface area contributed by atoms with Crippen LogP contribution in [0.25, 0.3) is 0 Å². The normalized spacial score (nSPS) is 25.3. The molecular formula is C16H22ClFO. The minimum Gasteiger partial charge on any atom is -0.392 e. The number of hydrogen-bond donors (Lipinski definition) is 1. The lowest BCUT2D eigenvalue weighted by Crippen LogP contribution is -2.28. The first kappa shape index (κ1) is 14.8. The van der Waals surface area contributed by atoms with Crippen LogP contribution in [0.2, 0.25) is 5.02 Å². The molecule has 0 radical (unpaired) electrons. The highest BCUT2D eigenvalue weighted by atomic mass is 35.5. The highest BCUT2D eigenvalue weighted by Crippen LogP contribution is 2.34. The molecule has 3 unspecified atom stereocenters. The minimum atomic E-state index is -0.399. The Morgan fingerprint density at radius 3 is 2.89 bits per heavy atom. The SMILES string of the molecule is CCC1CCCC(C(O)Cc2ccc(F)c(Cl)c2)C1. The molecule has 1 fully saturated rings. The van der Waals surface area contributed by atoms with Gasteiger partial charge in [-0.15, -0.1) is 0 Å². The molecule has 1 saturated carbocycles. The molecule has 19 heavy (non-hydrogen) atoms. The van der Waals surface area contributed by atoms with Crippen molar-refractivity contribution in [3.63, 3.8) is 0 Å². The van der Waals surface area contributed by atoms with E-state index in [1.807, 2.05) is 0 Å². The second-order valence-electron chi connectivity index (χ2n) is 5.72. The van der Waals surface area contributed by atoms with E-state index in [-0.39, 0.29) is 11.1 Å². The smallest absolute Gasteiger partial charge is 0.141 e. The molecule has 0 aliphatic heterocycles. The van der Waals surface area contributed by atoms with Crippen molar-refractivity contribution >= 4 is 11.6 Å². The van der Waals surface area contributed by atoms with Gasteiger partial charge in [-0.2, -0.15) is 0 Å². The summed E-state index contributed by atoms with van der Waals surface area (Å²) in [4.78, 5) is 0. The fraction of sp³-hybridized carbons (Fsp3) is 0.625. The topological polar surface area (TPSA) is 20.2 Å². The highest BCUT2D eigenvalue weighted by Gasteiger charge is 2.26. The molecule has 1 nitrogen and oxygen atoms in total. The van der Waals surface area contributed by atoms with Crippen LogP contribution < -0.4 is 0 Å². The Morgan fingerprint density at radius 2 is 2.21 bits per heavy atom. The van der Waals surface area contributed by atoms with Gasteiger partial charge in [-0.05, 0) is 48.8 Å². The van der Waals surface area contributed by atoms with E-state index < -0.39 is 5.82 Å². The summed E-state index contributed by atoms with van der Waals surface area (Å²) in [5.41, 5.74) is 0.914. The third kappa shape index (κ3) is 3.93. The zero-order valence-corrected chi connectivity index (χ0v) is 12.2. The summed E-state index contributed by atoms with van der Waals surface area (Å²) in [5.74, 6) is 0.733. The van der Waals surface area contributed by atoms with Gasteiger partial charge in [-0.25, -0.2) is 4.39 Å². The molecule has 0 aromatic heterocycles. The summed E-state index contributed by atoms with van der Waals surface area (Å²) in [6.07, 6.45) is 6.16. The van der Waals surface area contributed by atoms with E-state index >= 15 is 0 Å². The number of aliphatic hydroxyl groups excluding tert-OH is 1. The zero-order valence-electron chi connectivity index (χ0n) is 11.4. The van der Waals surface area contributed by atoms with E-state index in [2.05, 4.69) is 6.92 Å². The highest BCUT2D eigenvalue weighted by molar-refractivity contribution is 6.30. The molecule has 106 valence electrons. The molecule has 3 atom stereocenters. The monoisotopic (exact) mass is 284 g/mol. The Labute approximate surface area is 119 Å². The lowest BCUT2D eigenvalue weighted by molar-refractivity contribution is 0.0685. The van der Waals surface area contributed by atoms with Gasteiger partial charge in [0.25, 0.3) is 0 Å². The Kier molecular flexibility index (Phi) is 5.23. The summed E-state index contributed by atoms with van der Waals surface area (Å²) in [6.45, 7) is 2.22. The van der Waals surface area contributed by atoms with Crippen LogP contribution in [-0.2, 0) is 6.42 Å². The van der Waals surface area contributed by atoms with Crippen LogP contribution in [0.4, 0.5) is 4.39 Å². The fourth-order valence-corrected chi connectivity index (χ4v) is 3.33. The van der Waals surface area contributed by atoms with Crippen LogP contribution in [0.5, 0.6) is 0 Å². The second kappa shape index (κ2) is 6.71. The molecule has 1 aromatic carbocycles. The Bertz CT molecular complexity index is 421. The van der Waals surface area contributed by atoms with Gasteiger partial charge >= 0.3 is 0 Å². The number of benzene rings is 1. The number of hydrogen-bond acceptors (Lipinski definition) is 1. The average Bonchev–Trinajstić information content (AvgIpc) is 2.43. The third-order valence-electron chi connectivity index (χ3n) is 4.37. The first-order valence-corrected chi connectivity index (χ1v) is 7.60. The summed E-state index contributed by atoms with van der Waals surface area (Å²) in [5, 5.41) is 10.5. The predicted molar refractivity (Wildman–Crippen MR) is 76.9 cm³/mol. The molecule has 1 aromatic rings. The summed E-state index contributed by atoms with van der Waals surface area (Å²) in [6, 6.07) is 4.71. The second-order valence-corrected chi connectivity index (χ2v) is 6.13. The van der Waals surface area contributed by atoms with Gasteiger partial charge < -0.3 is 5.11 Å². The molecule has 1 aliphatic carbocycles. The van der Waals surface area contributed by atoms with Gasteiger partial charge in [0, 0.05) is 0 Å². The van der Waals surface area contributed by atoms with Crippen molar-refractivity contribution in [2.24, 2.45) is 11.8 Å². The zero-order chi connectivity index (χ0) is 13.8. The van der Waals surface area contributed by atoms with Crippen LogP contribution in [-0.4, -0.2) is 11.2 Å². The van der Waals surface area contributed by atoms with E-state index in [9.17, 15) is 9.50 Å². The maximum Gasteiger partial charge on any atom is 0.141 e. The van der Waals surface area contributed by atoms with Gasteiger partial charge in [0.15, 0.2) is 0 Å². The molecule has 0 spiro atoms. The van der Waals surface area contributed by atoms with Crippen molar-refractivity contribution in [2.75, 3.05) is 0 Å². The number of halogens is 2. The van der Waals surface area contributed by atoms with Crippen LogP contribution in [0.15, 0.2) is 18.2 Å². The van der Waals surface area contributed by atoms with E-state index in [1.54, 1.807) is 12.1 Å². The third-order valence-corrected chi connectivity index (χ3v) is 4.66. The average molecular weight is 285 g/mol. The van der Waals surface area contributed by atoms with Crippen molar-refractivity contribution in [1.29, 1.82) is 0 Å². The largest absolute Gasteiger partial charge is 0.392 e. The van der Waals surface area contributed by atoms with Crippen LogP contribution in [0.3, 0.4) is 0 Å². The van der Waals surface area contributed by atoms with Crippen molar-refractivity contribution in [3.8, 4) is 0 Å². The van der Waals surface area contributed by atoms with Gasteiger partial charge in [0.1, 0.15) is 5.82 Å². The van der Waals surface area contributed by atoms with Crippen LogP contribution in [0.1, 0.15) is 44.6 Å². The quantitative estimate of drug-likeness (QED) is 0.857. The van der Waals surface area contributed by atoms with Crippen LogP contribution in [0, 0.1) is 17.7 Å². The lowest BCUT2D eigenvalue weighted by Gasteiger charge is -2.31. The predicted octanol–water partition coefficient (Wildman–Crippen LogP) is 4.60. The Hall–Kier alpha value is -0.600. The summed E-state index contributed by atoms with van der Waals surface area (Å²) < 4.78 is 13.1. The molecule has 2 rings (SSSR count). The van der Waals surface area contributed by atoms with Gasteiger partial charge in [-0.3, -0.25) is 0 Å².